The van der Waals surface area contributed by atoms with Gasteiger partial charge in [0.15, 0.2) is 0 Å². The van der Waals surface area contributed by atoms with E-state index in [0.717, 1.165) is 0 Å². The van der Waals surface area contributed by atoms with Gasteiger partial charge in [-0.25, -0.2) is 0 Å². The van der Waals surface area contributed by atoms with E-state index in [1.54, 1.807) is 0 Å². The second kappa shape index (κ2) is 7.30. The SMILES string of the molecule is O=C([O-])C(=O)[C@H](O)[C@@H](O)[C@H](O)CO.[Na+]. The first-order chi connectivity index (χ1) is 5.91. The smallest absolute Gasteiger partial charge is 0.542 e. The predicted octanol–water partition coefficient (Wildman–Crippen LogP) is -7.62. The molecule has 0 aliphatic heterocycles. The number of hydrogen-bond donors (Lipinski definition) is 4. The summed E-state index contributed by atoms with van der Waals surface area (Å²) in [6.07, 6.45) is -6.12. The van der Waals surface area contributed by atoms with Crippen molar-refractivity contribution in [2.24, 2.45) is 0 Å². The third-order valence-corrected chi connectivity index (χ3v) is 1.37. The van der Waals surface area contributed by atoms with Gasteiger partial charge in [-0.3, -0.25) is 4.79 Å². The first-order valence-electron chi connectivity index (χ1n) is 3.32. The number of rotatable bonds is 5. The Bertz CT molecular complexity index is 206. The largest absolute Gasteiger partial charge is 1.00 e. The van der Waals surface area contributed by atoms with Crippen LogP contribution in [0.15, 0.2) is 0 Å². The molecule has 76 valence electrons. The number of Topliss-reactive ketones (excluding diaryl/α,β-unsaturated/α-hetero) is 1. The van der Waals surface area contributed by atoms with E-state index in [0.29, 0.717) is 0 Å². The Balaban J connectivity index is 0. The Hall–Kier alpha value is -0.0200. The molecular weight excluding hydrogens is 207 g/mol. The molecule has 0 aromatic carbocycles. The van der Waals surface area contributed by atoms with Gasteiger partial charge in [0, 0.05) is 0 Å². The normalized spacial score (nSPS) is 16.3. The minimum atomic E-state index is -2.30. The summed E-state index contributed by atoms with van der Waals surface area (Å²) in [4.78, 5) is 20.3. The Morgan fingerprint density at radius 3 is 1.93 bits per heavy atom. The fourth-order valence-corrected chi connectivity index (χ4v) is 0.594. The molecular formula is C6H9NaO7. The van der Waals surface area contributed by atoms with Gasteiger partial charge in [0.2, 0.25) is 5.78 Å². The van der Waals surface area contributed by atoms with Crippen LogP contribution in [0.5, 0.6) is 0 Å². The van der Waals surface area contributed by atoms with E-state index in [1.807, 2.05) is 0 Å². The van der Waals surface area contributed by atoms with Crippen molar-refractivity contribution >= 4 is 11.8 Å². The zero-order valence-corrected chi connectivity index (χ0v) is 9.45. The number of carbonyl (C=O) groups is 2. The van der Waals surface area contributed by atoms with Crippen LogP contribution in [0.1, 0.15) is 0 Å². The molecule has 0 aliphatic rings. The Morgan fingerprint density at radius 1 is 1.21 bits per heavy atom. The summed E-state index contributed by atoms with van der Waals surface area (Å²) in [6.45, 7) is -0.904. The number of aliphatic hydroxyl groups excluding tert-OH is 4. The number of ketones is 1. The third-order valence-electron chi connectivity index (χ3n) is 1.37. The predicted molar refractivity (Wildman–Crippen MR) is 35.1 cm³/mol. The van der Waals surface area contributed by atoms with Crippen LogP contribution in [0.4, 0.5) is 0 Å². The maximum atomic E-state index is 10.4. The fourth-order valence-electron chi connectivity index (χ4n) is 0.594. The zero-order valence-electron chi connectivity index (χ0n) is 7.45. The van der Waals surface area contributed by atoms with Crippen LogP contribution in [-0.4, -0.2) is 57.1 Å². The van der Waals surface area contributed by atoms with E-state index in [4.69, 9.17) is 20.4 Å². The molecule has 0 radical (unpaired) electrons. The van der Waals surface area contributed by atoms with Crippen molar-refractivity contribution in [3.05, 3.63) is 0 Å². The van der Waals surface area contributed by atoms with Crippen molar-refractivity contribution < 1.29 is 64.7 Å². The van der Waals surface area contributed by atoms with E-state index in [9.17, 15) is 14.7 Å². The summed E-state index contributed by atoms with van der Waals surface area (Å²) in [6, 6.07) is 0. The van der Waals surface area contributed by atoms with E-state index in [1.165, 1.54) is 0 Å². The minimum Gasteiger partial charge on any atom is -0.542 e. The molecule has 7 nitrogen and oxygen atoms in total. The maximum absolute atomic E-state index is 10.4. The van der Waals surface area contributed by atoms with Gasteiger partial charge in [-0.1, -0.05) is 0 Å². The molecule has 0 unspecified atom stereocenters. The van der Waals surface area contributed by atoms with Gasteiger partial charge in [0.05, 0.1) is 6.61 Å². The summed E-state index contributed by atoms with van der Waals surface area (Å²) in [5, 5.41) is 44.5. The monoisotopic (exact) mass is 216 g/mol. The van der Waals surface area contributed by atoms with Gasteiger partial charge in [-0.2, -0.15) is 0 Å². The Kier molecular flexibility index (Phi) is 8.55. The average Bonchev–Trinajstić information content (AvgIpc) is 2.12. The summed E-state index contributed by atoms with van der Waals surface area (Å²) in [5.41, 5.74) is 0. The van der Waals surface area contributed by atoms with E-state index in [-0.39, 0.29) is 29.6 Å². The molecule has 0 rings (SSSR count). The van der Waals surface area contributed by atoms with Crippen molar-refractivity contribution in [2.45, 2.75) is 18.3 Å². The molecule has 0 saturated heterocycles. The Labute approximate surface area is 101 Å². The first-order valence-corrected chi connectivity index (χ1v) is 3.32. The Morgan fingerprint density at radius 2 is 1.64 bits per heavy atom. The molecule has 0 amide bonds. The van der Waals surface area contributed by atoms with Crippen LogP contribution >= 0.6 is 0 Å². The number of hydrogen-bond acceptors (Lipinski definition) is 7. The van der Waals surface area contributed by atoms with Gasteiger partial charge < -0.3 is 30.3 Å². The topological polar surface area (TPSA) is 138 Å². The molecule has 0 aromatic heterocycles. The van der Waals surface area contributed by atoms with Crippen LogP contribution in [0.2, 0.25) is 0 Å². The molecule has 3 atom stereocenters. The number of aliphatic carboxylic acids is 1. The van der Waals surface area contributed by atoms with Gasteiger partial charge in [0.1, 0.15) is 24.3 Å². The van der Waals surface area contributed by atoms with Crippen LogP contribution in [0.3, 0.4) is 0 Å². The van der Waals surface area contributed by atoms with Crippen molar-refractivity contribution in [2.75, 3.05) is 6.61 Å². The molecule has 0 spiro atoms. The van der Waals surface area contributed by atoms with Gasteiger partial charge in [-0.05, 0) is 0 Å². The molecule has 0 saturated carbocycles. The van der Waals surface area contributed by atoms with Crippen molar-refractivity contribution in [3.8, 4) is 0 Å². The number of aliphatic hydroxyl groups is 4. The minimum absolute atomic E-state index is 0. The van der Waals surface area contributed by atoms with Gasteiger partial charge in [-0.15, -0.1) is 0 Å². The summed E-state index contributed by atoms with van der Waals surface area (Å²) in [5.74, 6) is -3.92. The van der Waals surface area contributed by atoms with Crippen LogP contribution in [0.25, 0.3) is 0 Å². The average molecular weight is 216 g/mol. The number of carboxylic acids is 1. The summed E-state index contributed by atoms with van der Waals surface area (Å²) < 4.78 is 0. The molecule has 0 aromatic rings. The van der Waals surface area contributed by atoms with E-state index < -0.39 is 36.7 Å². The second-order valence-electron chi connectivity index (χ2n) is 2.34. The molecule has 8 heteroatoms. The fraction of sp³-hybridized carbons (Fsp3) is 0.667. The van der Waals surface area contributed by atoms with Gasteiger partial charge >= 0.3 is 29.6 Å². The summed E-state index contributed by atoms with van der Waals surface area (Å²) >= 11 is 0. The van der Waals surface area contributed by atoms with Crippen LogP contribution < -0.4 is 34.7 Å². The van der Waals surface area contributed by atoms with E-state index in [2.05, 4.69) is 0 Å². The molecule has 0 aliphatic carbocycles. The summed E-state index contributed by atoms with van der Waals surface area (Å²) in [7, 11) is 0. The zero-order chi connectivity index (χ0) is 10.6. The standard InChI is InChI=1S/C6H10O7.Na/c7-1-2(8)3(9)4(10)5(11)6(12)13;/h2-4,7-10H,1H2,(H,12,13);/q;+1/p-1/t2-,3+,4-;/m1./s1. The van der Waals surface area contributed by atoms with Crippen molar-refractivity contribution in [1.82, 2.24) is 0 Å². The van der Waals surface area contributed by atoms with Crippen molar-refractivity contribution in [1.29, 1.82) is 0 Å². The molecule has 0 fully saturated rings. The van der Waals surface area contributed by atoms with Crippen molar-refractivity contribution in [3.63, 3.8) is 0 Å². The molecule has 0 heterocycles. The number of carbonyl (C=O) groups excluding carboxylic acids is 2. The quantitative estimate of drug-likeness (QED) is 0.264. The molecule has 4 N–H and O–H groups in total. The van der Waals surface area contributed by atoms with Gasteiger partial charge in [0.25, 0.3) is 0 Å². The van der Waals surface area contributed by atoms with Crippen LogP contribution in [0, 0.1) is 0 Å². The van der Waals surface area contributed by atoms with E-state index >= 15 is 0 Å². The molecule has 0 bridgehead atoms. The number of carboxylic acid groups (broad SMARTS) is 1. The third kappa shape index (κ3) is 4.47. The first kappa shape index (κ1) is 16.4. The molecule has 14 heavy (non-hydrogen) atoms. The second-order valence-corrected chi connectivity index (χ2v) is 2.34. The van der Waals surface area contributed by atoms with Crippen LogP contribution in [-0.2, 0) is 9.59 Å². The maximum Gasteiger partial charge on any atom is 1.00 e.